The molecular weight excluding hydrogens is 273 g/mol. The molecule has 3 N–H and O–H groups in total. The van der Waals surface area contributed by atoms with Gasteiger partial charge in [0.15, 0.2) is 0 Å². The molecule has 3 rings (SSSR count). The number of carbonyl (C=O) groups is 1. The highest BCUT2D eigenvalue weighted by Gasteiger charge is 2.36. The summed E-state index contributed by atoms with van der Waals surface area (Å²) in [5.74, 6) is -0.255. The third kappa shape index (κ3) is 3.20. The van der Waals surface area contributed by atoms with Crippen molar-refractivity contribution in [3.8, 4) is 5.75 Å². The zero-order valence-corrected chi connectivity index (χ0v) is 11.6. The number of aliphatic carboxylic acids is 1. The van der Waals surface area contributed by atoms with Crippen LogP contribution in [0.5, 0.6) is 5.75 Å². The number of rotatable bonds is 4. The quantitative estimate of drug-likeness (QED) is 0.679. The Morgan fingerprint density at radius 2 is 2.19 bits per heavy atom. The van der Waals surface area contributed by atoms with E-state index in [2.05, 4.69) is 5.32 Å². The van der Waals surface area contributed by atoms with E-state index in [0.717, 1.165) is 31.5 Å². The minimum atomic E-state index is -1.08. The van der Waals surface area contributed by atoms with Crippen LogP contribution in [0.3, 0.4) is 0 Å². The van der Waals surface area contributed by atoms with Crippen molar-refractivity contribution in [1.82, 2.24) is 5.32 Å². The van der Waals surface area contributed by atoms with Gasteiger partial charge in [-0.05, 0) is 49.1 Å². The minimum Gasteiger partial charge on any atom is -0.490 e. The first kappa shape index (κ1) is 14.4. The standard InChI is InChI=1S/C14H18BNO5/c17-14(18)8-13-11-2-1-10(7-12(11)15(19)21-13)20-9-3-5-16-6-4-9/h1-2,7,9,13,16,19H,3-6,8H2,(H,17,18). The summed E-state index contributed by atoms with van der Waals surface area (Å²) in [6.45, 7) is 1.89. The predicted octanol–water partition coefficient (Wildman–Crippen LogP) is 0.0509. The topological polar surface area (TPSA) is 88.0 Å². The van der Waals surface area contributed by atoms with Gasteiger partial charge in [-0.2, -0.15) is 0 Å². The molecule has 0 aliphatic carbocycles. The molecule has 112 valence electrons. The highest BCUT2D eigenvalue weighted by molar-refractivity contribution is 6.61. The maximum absolute atomic E-state index is 10.8. The van der Waals surface area contributed by atoms with Crippen molar-refractivity contribution in [1.29, 1.82) is 0 Å². The van der Waals surface area contributed by atoms with Crippen LogP contribution in [-0.2, 0) is 9.45 Å². The lowest BCUT2D eigenvalue weighted by Crippen LogP contribution is -2.34. The van der Waals surface area contributed by atoms with Gasteiger partial charge in [-0.3, -0.25) is 4.79 Å². The molecule has 2 aliphatic heterocycles. The van der Waals surface area contributed by atoms with E-state index in [0.29, 0.717) is 11.2 Å². The SMILES string of the molecule is O=C(O)CC1OB(O)c2cc(OC3CCNCC3)ccc21. The van der Waals surface area contributed by atoms with Crippen molar-refractivity contribution < 1.29 is 24.3 Å². The molecule has 1 fully saturated rings. The van der Waals surface area contributed by atoms with Gasteiger partial charge >= 0.3 is 13.1 Å². The summed E-state index contributed by atoms with van der Waals surface area (Å²) in [5, 5.41) is 22.1. The third-order valence-electron chi connectivity index (χ3n) is 3.91. The van der Waals surface area contributed by atoms with Crippen LogP contribution in [0.25, 0.3) is 0 Å². The largest absolute Gasteiger partial charge is 0.492 e. The summed E-state index contributed by atoms with van der Waals surface area (Å²) in [4.78, 5) is 10.8. The summed E-state index contributed by atoms with van der Waals surface area (Å²) < 4.78 is 11.2. The van der Waals surface area contributed by atoms with Crippen LogP contribution in [0.1, 0.15) is 30.9 Å². The first-order valence-electron chi connectivity index (χ1n) is 7.20. The molecule has 21 heavy (non-hydrogen) atoms. The summed E-state index contributed by atoms with van der Waals surface area (Å²) >= 11 is 0. The molecule has 0 spiro atoms. The predicted molar refractivity (Wildman–Crippen MR) is 76.6 cm³/mol. The van der Waals surface area contributed by atoms with Gasteiger partial charge in [0.05, 0.1) is 12.5 Å². The Morgan fingerprint density at radius 1 is 1.43 bits per heavy atom. The van der Waals surface area contributed by atoms with Gasteiger partial charge in [0.25, 0.3) is 0 Å². The lowest BCUT2D eigenvalue weighted by molar-refractivity contribution is -0.138. The number of carboxylic acids is 1. The highest BCUT2D eigenvalue weighted by Crippen LogP contribution is 2.29. The van der Waals surface area contributed by atoms with Gasteiger partial charge in [0.1, 0.15) is 11.9 Å². The summed E-state index contributed by atoms with van der Waals surface area (Å²) in [5.41, 5.74) is 1.33. The molecule has 1 saturated heterocycles. The number of fused-ring (bicyclic) bond motifs is 1. The monoisotopic (exact) mass is 291 g/mol. The molecule has 0 bridgehead atoms. The summed E-state index contributed by atoms with van der Waals surface area (Å²) in [7, 11) is -1.08. The first-order chi connectivity index (χ1) is 10.1. The van der Waals surface area contributed by atoms with Crippen molar-refractivity contribution in [2.24, 2.45) is 0 Å². The molecule has 7 heteroatoms. The van der Waals surface area contributed by atoms with Gasteiger partial charge in [-0.15, -0.1) is 0 Å². The highest BCUT2D eigenvalue weighted by atomic mass is 16.5. The van der Waals surface area contributed by atoms with Crippen LogP contribution in [-0.4, -0.2) is 42.4 Å². The summed E-state index contributed by atoms with van der Waals surface area (Å²) in [6.07, 6.45) is 1.34. The number of hydrogen-bond acceptors (Lipinski definition) is 5. The van der Waals surface area contributed by atoms with Gasteiger partial charge in [-0.25, -0.2) is 0 Å². The molecule has 0 saturated carbocycles. The van der Waals surface area contributed by atoms with E-state index in [4.69, 9.17) is 14.5 Å². The molecular formula is C14H18BNO5. The lowest BCUT2D eigenvalue weighted by atomic mass is 9.79. The first-order valence-corrected chi connectivity index (χ1v) is 7.20. The van der Waals surface area contributed by atoms with Gasteiger partial charge in [0, 0.05) is 0 Å². The molecule has 2 aliphatic rings. The second-order valence-electron chi connectivity index (χ2n) is 5.43. The molecule has 2 heterocycles. The average molecular weight is 291 g/mol. The number of carboxylic acid groups (broad SMARTS) is 1. The Bertz CT molecular complexity index is 532. The van der Waals surface area contributed by atoms with Crippen LogP contribution in [0.2, 0.25) is 0 Å². The molecule has 0 radical (unpaired) electrons. The Hall–Kier alpha value is -1.57. The Labute approximate surface area is 123 Å². The zero-order chi connectivity index (χ0) is 14.8. The van der Waals surface area contributed by atoms with E-state index in [1.54, 1.807) is 12.1 Å². The molecule has 1 unspecified atom stereocenters. The van der Waals surface area contributed by atoms with Gasteiger partial charge in [-0.1, -0.05) is 6.07 Å². The van der Waals surface area contributed by atoms with E-state index in [1.807, 2.05) is 6.07 Å². The average Bonchev–Trinajstić information content (AvgIpc) is 2.75. The maximum atomic E-state index is 10.8. The number of hydrogen-bond donors (Lipinski definition) is 3. The fraction of sp³-hybridized carbons (Fsp3) is 0.500. The van der Waals surface area contributed by atoms with Crippen LogP contribution < -0.4 is 15.5 Å². The van der Waals surface area contributed by atoms with Crippen molar-refractivity contribution in [2.75, 3.05) is 13.1 Å². The third-order valence-corrected chi connectivity index (χ3v) is 3.91. The summed E-state index contributed by atoms with van der Waals surface area (Å²) in [6, 6.07) is 5.36. The van der Waals surface area contributed by atoms with Crippen LogP contribution in [0, 0.1) is 0 Å². The van der Waals surface area contributed by atoms with Crippen molar-refractivity contribution in [2.45, 2.75) is 31.5 Å². The minimum absolute atomic E-state index is 0.154. The normalized spacial score (nSPS) is 22.1. The van der Waals surface area contributed by atoms with Gasteiger partial charge in [0.2, 0.25) is 0 Å². The second-order valence-corrected chi connectivity index (χ2v) is 5.43. The van der Waals surface area contributed by atoms with E-state index in [-0.39, 0.29) is 12.5 Å². The molecule has 1 aromatic carbocycles. The number of ether oxygens (including phenoxy) is 1. The molecule has 0 amide bonds. The smallest absolute Gasteiger partial charge is 0.490 e. The number of piperidine rings is 1. The fourth-order valence-electron chi connectivity index (χ4n) is 2.86. The Morgan fingerprint density at radius 3 is 2.90 bits per heavy atom. The van der Waals surface area contributed by atoms with E-state index < -0.39 is 19.2 Å². The number of benzene rings is 1. The van der Waals surface area contributed by atoms with Crippen molar-refractivity contribution >= 4 is 18.6 Å². The Balaban J connectivity index is 1.74. The van der Waals surface area contributed by atoms with E-state index in [9.17, 15) is 9.82 Å². The van der Waals surface area contributed by atoms with Crippen molar-refractivity contribution in [3.05, 3.63) is 23.8 Å². The van der Waals surface area contributed by atoms with E-state index in [1.165, 1.54) is 0 Å². The van der Waals surface area contributed by atoms with Crippen LogP contribution >= 0.6 is 0 Å². The molecule has 6 nitrogen and oxygen atoms in total. The maximum Gasteiger partial charge on any atom is 0.492 e. The van der Waals surface area contributed by atoms with Crippen LogP contribution in [0.4, 0.5) is 0 Å². The second kappa shape index (κ2) is 6.05. The lowest BCUT2D eigenvalue weighted by Gasteiger charge is -2.24. The fourth-order valence-corrected chi connectivity index (χ4v) is 2.86. The van der Waals surface area contributed by atoms with E-state index >= 15 is 0 Å². The molecule has 1 aromatic rings. The zero-order valence-electron chi connectivity index (χ0n) is 11.6. The number of nitrogens with one attached hydrogen (secondary N) is 1. The Kier molecular flexibility index (Phi) is 4.14. The molecule has 1 atom stereocenters. The molecule has 0 aromatic heterocycles. The van der Waals surface area contributed by atoms with Crippen LogP contribution in [0.15, 0.2) is 18.2 Å². The van der Waals surface area contributed by atoms with Gasteiger partial charge < -0.3 is 24.8 Å². The van der Waals surface area contributed by atoms with Crippen molar-refractivity contribution in [3.63, 3.8) is 0 Å².